The van der Waals surface area contributed by atoms with E-state index in [-0.39, 0.29) is 41.7 Å². The lowest BCUT2D eigenvalue weighted by atomic mass is 10.0. The zero-order valence-corrected chi connectivity index (χ0v) is 22.1. The van der Waals surface area contributed by atoms with Crippen LogP contribution in [0.25, 0.3) is 11.4 Å². The number of hydrogen-bond acceptors (Lipinski definition) is 7. The van der Waals surface area contributed by atoms with Crippen LogP contribution in [0.15, 0.2) is 65.6 Å². The summed E-state index contributed by atoms with van der Waals surface area (Å²) in [5.74, 6) is -1.01. The van der Waals surface area contributed by atoms with Crippen molar-refractivity contribution < 1.29 is 22.7 Å². The lowest BCUT2D eigenvalue weighted by Gasteiger charge is -2.39. The molecular formula is C27H30N4O5S. The van der Waals surface area contributed by atoms with E-state index in [1.54, 1.807) is 37.3 Å². The van der Waals surface area contributed by atoms with E-state index in [1.807, 2.05) is 44.2 Å². The van der Waals surface area contributed by atoms with Crippen LogP contribution in [-0.4, -0.2) is 72.3 Å². The zero-order valence-electron chi connectivity index (χ0n) is 21.3. The molecule has 0 N–H and O–H groups in total. The molecule has 1 saturated heterocycles. The molecule has 1 atom stereocenters. The zero-order chi connectivity index (χ0) is 26.7. The topological polar surface area (TPSA) is 110 Å². The number of carbonyl (C=O) groups excluding carboxylic acids is 2. The first-order valence-electron chi connectivity index (χ1n) is 12.1. The van der Waals surface area contributed by atoms with Gasteiger partial charge in [0.25, 0.3) is 5.91 Å². The summed E-state index contributed by atoms with van der Waals surface area (Å²) in [5.41, 5.74) is 1.12. The number of hydrogen-bond donors (Lipinski definition) is 0. The van der Waals surface area contributed by atoms with E-state index in [9.17, 15) is 18.0 Å². The van der Waals surface area contributed by atoms with Crippen LogP contribution in [0.1, 0.15) is 53.2 Å². The molecule has 0 spiro atoms. The molecule has 3 aromatic rings. The summed E-state index contributed by atoms with van der Waals surface area (Å²) in [6, 6.07) is 17.0. The number of benzene rings is 2. The van der Waals surface area contributed by atoms with Crippen LogP contribution in [0.2, 0.25) is 0 Å². The molecule has 2 aromatic carbocycles. The lowest BCUT2D eigenvalue weighted by Crippen LogP contribution is -2.55. The van der Waals surface area contributed by atoms with Gasteiger partial charge in [-0.15, -0.1) is 0 Å². The molecule has 1 aliphatic rings. The fraction of sp³-hybridized carbons (Fsp3) is 0.333. The van der Waals surface area contributed by atoms with Crippen molar-refractivity contribution in [2.45, 2.75) is 37.6 Å². The minimum atomic E-state index is -3.72. The van der Waals surface area contributed by atoms with Crippen LogP contribution in [0.5, 0.6) is 0 Å². The Kier molecular flexibility index (Phi) is 7.70. The van der Waals surface area contributed by atoms with Crippen molar-refractivity contribution in [1.82, 2.24) is 19.2 Å². The van der Waals surface area contributed by atoms with Crippen LogP contribution in [0.3, 0.4) is 0 Å². The van der Waals surface area contributed by atoms with Gasteiger partial charge >= 0.3 is 5.97 Å². The Bertz CT molecular complexity index is 1400. The molecule has 0 aliphatic carbocycles. The normalized spacial score (nSPS) is 16.6. The van der Waals surface area contributed by atoms with Gasteiger partial charge in [0.1, 0.15) is 11.3 Å². The lowest BCUT2D eigenvalue weighted by molar-refractivity contribution is 0.0569. The van der Waals surface area contributed by atoms with Gasteiger partial charge in [0, 0.05) is 31.2 Å². The first kappa shape index (κ1) is 26.4. The van der Waals surface area contributed by atoms with E-state index in [2.05, 4.69) is 9.97 Å². The SMILES string of the molecule is COC(=O)c1c(C(=O)N2CCN(S(=O)(=O)c3ccccc3)C(C)C2)nc(-c2ccccc2)nc1C(C)C. The Morgan fingerprint density at radius 2 is 1.59 bits per heavy atom. The van der Waals surface area contributed by atoms with Gasteiger partial charge in [-0.2, -0.15) is 4.31 Å². The Labute approximate surface area is 217 Å². The van der Waals surface area contributed by atoms with E-state index >= 15 is 0 Å². The minimum Gasteiger partial charge on any atom is -0.465 e. The second-order valence-electron chi connectivity index (χ2n) is 9.20. The highest BCUT2D eigenvalue weighted by molar-refractivity contribution is 7.89. The summed E-state index contributed by atoms with van der Waals surface area (Å²) in [6.45, 7) is 5.94. The summed E-state index contributed by atoms with van der Waals surface area (Å²) in [7, 11) is -2.46. The van der Waals surface area contributed by atoms with Crippen molar-refractivity contribution in [1.29, 1.82) is 0 Å². The minimum absolute atomic E-state index is 0.0363. The molecule has 0 saturated carbocycles. The molecule has 2 heterocycles. The number of amides is 1. The van der Waals surface area contributed by atoms with Crippen LogP contribution in [-0.2, 0) is 14.8 Å². The molecule has 0 radical (unpaired) electrons. The predicted molar refractivity (Wildman–Crippen MR) is 139 cm³/mol. The van der Waals surface area contributed by atoms with E-state index < -0.39 is 27.9 Å². The average molecular weight is 523 g/mol. The summed E-state index contributed by atoms with van der Waals surface area (Å²) < 4.78 is 32.8. The quantitative estimate of drug-likeness (QED) is 0.455. The summed E-state index contributed by atoms with van der Waals surface area (Å²) >= 11 is 0. The summed E-state index contributed by atoms with van der Waals surface area (Å²) in [5, 5.41) is 0. The number of ether oxygens (including phenoxy) is 1. The maximum absolute atomic E-state index is 13.8. The van der Waals surface area contributed by atoms with Gasteiger partial charge in [0.2, 0.25) is 10.0 Å². The van der Waals surface area contributed by atoms with Crippen molar-refractivity contribution >= 4 is 21.9 Å². The third kappa shape index (κ3) is 5.26. The molecule has 1 amide bonds. The number of methoxy groups -OCH3 is 1. The Morgan fingerprint density at radius 3 is 2.16 bits per heavy atom. The number of aromatic nitrogens is 2. The molecule has 1 aromatic heterocycles. The Morgan fingerprint density at radius 1 is 0.973 bits per heavy atom. The van der Waals surface area contributed by atoms with Crippen molar-refractivity contribution in [2.24, 2.45) is 0 Å². The molecule has 0 bridgehead atoms. The molecule has 9 nitrogen and oxygen atoms in total. The van der Waals surface area contributed by atoms with Crippen molar-refractivity contribution in [2.75, 3.05) is 26.7 Å². The number of sulfonamides is 1. The number of esters is 1. The van der Waals surface area contributed by atoms with Crippen LogP contribution in [0.4, 0.5) is 0 Å². The number of piperazine rings is 1. The fourth-order valence-electron chi connectivity index (χ4n) is 4.43. The van der Waals surface area contributed by atoms with E-state index in [4.69, 9.17) is 4.74 Å². The van der Waals surface area contributed by atoms with Gasteiger partial charge in [0.15, 0.2) is 5.82 Å². The molecule has 1 unspecified atom stereocenters. The molecule has 1 aliphatic heterocycles. The number of rotatable bonds is 6. The highest BCUT2D eigenvalue weighted by Crippen LogP contribution is 2.28. The fourth-order valence-corrected chi connectivity index (χ4v) is 6.06. The molecule has 37 heavy (non-hydrogen) atoms. The van der Waals surface area contributed by atoms with Crippen molar-refractivity contribution in [3.05, 3.63) is 77.6 Å². The Balaban J connectivity index is 1.71. The standard InChI is InChI=1S/C27H30N4O5S/c1-18(2)23-22(27(33)36-4)24(29-25(28-23)20-11-7-5-8-12-20)26(32)30-15-16-31(19(3)17-30)37(34,35)21-13-9-6-10-14-21/h5-14,18-19H,15-17H2,1-4H3. The van der Waals surface area contributed by atoms with Crippen molar-refractivity contribution in [3.63, 3.8) is 0 Å². The molecule has 10 heteroatoms. The van der Waals surface area contributed by atoms with E-state index in [0.717, 1.165) is 0 Å². The summed E-state index contributed by atoms with van der Waals surface area (Å²) in [6.07, 6.45) is 0. The first-order valence-corrected chi connectivity index (χ1v) is 13.5. The third-order valence-corrected chi connectivity index (χ3v) is 8.34. The first-order chi connectivity index (χ1) is 17.6. The average Bonchev–Trinajstić information content (AvgIpc) is 2.92. The van der Waals surface area contributed by atoms with Crippen LogP contribution < -0.4 is 0 Å². The maximum atomic E-state index is 13.8. The second-order valence-corrected chi connectivity index (χ2v) is 11.1. The van der Waals surface area contributed by atoms with E-state index in [0.29, 0.717) is 17.1 Å². The second kappa shape index (κ2) is 10.8. The van der Waals surface area contributed by atoms with Crippen LogP contribution >= 0.6 is 0 Å². The van der Waals surface area contributed by atoms with Gasteiger partial charge < -0.3 is 9.64 Å². The van der Waals surface area contributed by atoms with Gasteiger partial charge in [-0.3, -0.25) is 4.79 Å². The molecule has 1 fully saturated rings. The smallest absolute Gasteiger partial charge is 0.342 e. The predicted octanol–water partition coefficient (Wildman–Crippen LogP) is 3.59. The molecular weight excluding hydrogens is 492 g/mol. The van der Waals surface area contributed by atoms with Gasteiger partial charge in [-0.1, -0.05) is 62.4 Å². The number of carbonyl (C=O) groups is 2. The highest BCUT2D eigenvalue weighted by atomic mass is 32.2. The van der Waals surface area contributed by atoms with Crippen molar-refractivity contribution in [3.8, 4) is 11.4 Å². The van der Waals surface area contributed by atoms with Gasteiger partial charge in [-0.05, 0) is 25.0 Å². The van der Waals surface area contributed by atoms with E-state index in [1.165, 1.54) is 16.3 Å². The number of nitrogens with zero attached hydrogens (tertiary/aromatic N) is 4. The monoisotopic (exact) mass is 522 g/mol. The highest BCUT2D eigenvalue weighted by Gasteiger charge is 2.37. The maximum Gasteiger partial charge on any atom is 0.342 e. The van der Waals surface area contributed by atoms with Gasteiger partial charge in [-0.25, -0.2) is 23.2 Å². The summed E-state index contributed by atoms with van der Waals surface area (Å²) in [4.78, 5) is 37.6. The largest absolute Gasteiger partial charge is 0.465 e. The van der Waals surface area contributed by atoms with Crippen LogP contribution in [0, 0.1) is 0 Å². The molecule has 194 valence electrons. The molecule has 4 rings (SSSR count). The third-order valence-electron chi connectivity index (χ3n) is 6.31. The van der Waals surface area contributed by atoms with Gasteiger partial charge in [0.05, 0.1) is 17.7 Å². The Hall–Kier alpha value is -3.63.